The number of hydrogen-bond acceptors (Lipinski definition) is 8. The Balaban J connectivity index is 2.90. The molecule has 0 unspecified atom stereocenters. The van der Waals surface area contributed by atoms with Crippen LogP contribution in [0.2, 0.25) is 0 Å². The number of nitro benzene ring substituents is 1. The first-order chi connectivity index (χ1) is 13.2. The number of hydrogen-bond donors (Lipinski definition) is 0. The van der Waals surface area contributed by atoms with Gasteiger partial charge in [-0.2, -0.15) is 0 Å². The topological polar surface area (TPSA) is 126 Å². The molecule has 0 saturated carbocycles. The molecule has 0 spiro atoms. The summed E-state index contributed by atoms with van der Waals surface area (Å²) in [5, 5.41) is 11.5. The molecular formula is C19H18N2O7. The van der Waals surface area contributed by atoms with Crippen molar-refractivity contribution < 1.29 is 28.8 Å². The number of esters is 2. The van der Waals surface area contributed by atoms with Gasteiger partial charge in [0.15, 0.2) is 5.78 Å². The lowest BCUT2D eigenvalue weighted by molar-refractivity contribution is -0.384. The van der Waals surface area contributed by atoms with Crippen LogP contribution in [0.25, 0.3) is 11.1 Å². The van der Waals surface area contributed by atoms with Crippen molar-refractivity contribution in [2.24, 2.45) is 0 Å². The molecule has 1 heterocycles. The van der Waals surface area contributed by atoms with Crippen molar-refractivity contribution >= 4 is 23.4 Å². The molecule has 146 valence electrons. The highest BCUT2D eigenvalue weighted by Crippen LogP contribution is 2.37. The van der Waals surface area contributed by atoms with Gasteiger partial charge in [0, 0.05) is 11.6 Å². The van der Waals surface area contributed by atoms with E-state index in [0.717, 1.165) is 7.11 Å². The number of pyridine rings is 1. The van der Waals surface area contributed by atoms with E-state index >= 15 is 0 Å². The highest BCUT2D eigenvalue weighted by molar-refractivity contribution is 6.08. The van der Waals surface area contributed by atoms with Crippen molar-refractivity contribution in [3.8, 4) is 11.1 Å². The van der Waals surface area contributed by atoms with E-state index in [-0.39, 0.29) is 45.1 Å². The van der Waals surface area contributed by atoms with Gasteiger partial charge >= 0.3 is 11.9 Å². The van der Waals surface area contributed by atoms with E-state index in [0.29, 0.717) is 0 Å². The maximum Gasteiger partial charge on any atom is 0.341 e. The minimum Gasteiger partial charge on any atom is -0.465 e. The quantitative estimate of drug-likeness (QED) is 0.421. The van der Waals surface area contributed by atoms with Gasteiger partial charge in [-0.15, -0.1) is 0 Å². The standard InChI is InChI=1S/C19H18N2O7/c1-10(22)9-28-19(24)16-12(3)20-11(2)15(18(23)27-4)17(16)13-7-5-6-8-14(13)21(25)26/h5-8H,9H2,1-4H3. The monoisotopic (exact) mass is 386 g/mol. The zero-order chi connectivity index (χ0) is 21.0. The van der Waals surface area contributed by atoms with Crippen LogP contribution in [0.15, 0.2) is 24.3 Å². The van der Waals surface area contributed by atoms with Crippen molar-refractivity contribution in [1.82, 2.24) is 4.98 Å². The predicted molar refractivity (Wildman–Crippen MR) is 98.1 cm³/mol. The van der Waals surface area contributed by atoms with Gasteiger partial charge in [-0.05, 0) is 26.8 Å². The number of Topliss-reactive ketones (excluding diaryl/α,β-unsaturated/α-hetero) is 1. The molecule has 0 aliphatic heterocycles. The number of aromatic nitrogens is 1. The lowest BCUT2D eigenvalue weighted by Gasteiger charge is -2.17. The molecule has 0 aliphatic carbocycles. The third-order valence-corrected chi connectivity index (χ3v) is 3.93. The van der Waals surface area contributed by atoms with Crippen molar-refractivity contribution in [2.75, 3.05) is 13.7 Å². The fourth-order valence-corrected chi connectivity index (χ4v) is 2.80. The normalized spacial score (nSPS) is 10.3. The molecule has 1 aromatic carbocycles. The van der Waals surface area contributed by atoms with Crippen LogP contribution in [-0.2, 0) is 14.3 Å². The predicted octanol–water partition coefficient (Wildman–Crippen LogP) is 2.81. The first-order valence-corrected chi connectivity index (χ1v) is 8.18. The number of para-hydroxylation sites is 1. The zero-order valence-corrected chi connectivity index (χ0v) is 15.8. The Morgan fingerprint density at radius 2 is 1.64 bits per heavy atom. The van der Waals surface area contributed by atoms with E-state index in [1.54, 1.807) is 6.07 Å². The van der Waals surface area contributed by atoms with Gasteiger partial charge in [-0.25, -0.2) is 9.59 Å². The van der Waals surface area contributed by atoms with Crippen molar-refractivity contribution in [3.63, 3.8) is 0 Å². The van der Waals surface area contributed by atoms with E-state index in [2.05, 4.69) is 4.98 Å². The Labute approximate surface area is 160 Å². The highest BCUT2D eigenvalue weighted by atomic mass is 16.6. The average Bonchev–Trinajstić information content (AvgIpc) is 2.64. The second-order valence-electron chi connectivity index (χ2n) is 5.95. The number of aryl methyl sites for hydroxylation is 2. The number of nitrogens with zero attached hydrogens (tertiary/aromatic N) is 2. The number of nitro groups is 1. The van der Waals surface area contributed by atoms with E-state index in [1.165, 1.54) is 39.0 Å². The van der Waals surface area contributed by atoms with E-state index in [4.69, 9.17) is 9.47 Å². The van der Waals surface area contributed by atoms with Crippen LogP contribution >= 0.6 is 0 Å². The van der Waals surface area contributed by atoms with Crippen LogP contribution in [0.1, 0.15) is 39.0 Å². The smallest absolute Gasteiger partial charge is 0.341 e. The summed E-state index contributed by atoms with van der Waals surface area (Å²) in [6.07, 6.45) is 0. The molecule has 0 amide bonds. The minimum absolute atomic E-state index is 0.0160. The molecular weight excluding hydrogens is 368 g/mol. The third-order valence-electron chi connectivity index (χ3n) is 3.93. The van der Waals surface area contributed by atoms with Crippen LogP contribution in [0.3, 0.4) is 0 Å². The fourth-order valence-electron chi connectivity index (χ4n) is 2.80. The van der Waals surface area contributed by atoms with Crippen LogP contribution in [0, 0.1) is 24.0 Å². The molecule has 9 heteroatoms. The Morgan fingerprint density at radius 3 is 2.18 bits per heavy atom. The van der Waals surface area contributed by atoms with Gasteiger partial charge < -0.3 is 9.47 Å². The summed E-state index contributed by atoms with van der Waals surface area (Å²) in [7, 11) is 1.15. The van der Waals surface area contributed by atoms with Gasteiger partial charge in [0.2, 0.25) is 0 Å². The zero-order valence-electron chi connectivity index (χ0n) is 15.8. The SMILES string of the molecule is COC(=O)c1c(C)nc(C)c(C(=O)OCC(C)=O)c1-c1ccccc1[N+](=O)[O-]. The maximum atomic E-state index is 12.7. The van der Waals surface area contributed by atoms with Crippen LogP contribution in [0.4, 0.5) is 5.69 Å². The van der Waals surface area contributed by atoms with Crippen molar-refractivity contribution in [1.29, 1.82) is 0 Å². The summed E-state index contributed by atoms with van der Waals surface area (Å²) in [6.45, 7) is 3.81. The highest BCUT2D eigenvalue weighted by Gasteiger charge is 2.31. The van der Waals surface area contributed by atoms with Gasteiger partial charge in [0.05, 0.1) is 40.1 Å². The van der Waals surface area contributed by atoms with E-state index in [1.807, 2.05) is 0 Å². The molecule has 0 aliphatic rings. The first-order valence-electron chi connectivity index (χ1n) is 8.18. The van der Waals surface area contributed by atoms with E-state index < -0.39 is 23.5 Å². The number of rotatable bonds is 6. The van der Waals surface area contributed by atoms with Gasteiger partial charge in [-0.3, -0.25) is 19.9 Å². The molecule has 9 nitrogen and oxygen atoms in total. The summed E-state index contributed by atoms with van der Waals surface area (Å²) in [5.74, 6) is -2.11. The van der Waals surface area contributed by atoms with E-state index in [9.17, 15) is 24.5 Å². The number of methoxy groups -OCH3 is 1. The molecule has 1 aromatic heterocycles. The first kappa shape index (κ1) is 20.7. The second kappa shape index (κ2) is 8.38. The summed E-state index contributed by atoms with van der Waals surface area (Å²) in [6, 6.07) is 5.68. The molecule has 2 aromatic rings. The molecule has 0 atom stereocenters. The Kier molecular flexibility index (Phi) is 6.19. The minimum atomic E-state index is -0.918. The van der Waals surface area contributed by atoms with Crippen molar-refractivity contribution in [3.05, 3.63) is 56.9 Å². The van der Waals surface area contributed by atoms with Crippen molar-refractivity contribution in [2.45, 2.75) is 20.8 Å². The summed E-state index contributed by atoms with van der Waals surface area (Å²) < 4.78 is 9.79. The third kappa shape index (κ3) is 4.03. The Morgan fingerprint density at radius 1 is 1.07 bits per heavy atom. The van der Waals surface area contributed by atoms with Crippen LogP contribution in [0.5, 0.6) is 0 Å². The Hall–Kier alpha value is -3.62. The number of carbonyl (C=O) groups excluding carboxylic acids is 3. The van der Waals surface area contributed by atoms with Gasteiger partial charge in [-0.1, -0.05) is 12.1 Å². The largest absolute Gasteiger partial charge is 0.465 e. The lowest BCUT2D eigenvalue weighted by atomic mass is 9.91. The number of benzene rings is 1. The molecule has 0 saturated heterocycles. The molecule has 28 heavy (non-hydrogen) atoms. The van der Waals surface area contributed by atoms with Crippen LogP contribution in [-0.4, -0.2) is 41.3 Å². The summed E-state index contributed by atoms with van der Waals surface area (Å²) >= 11 is 0. The molecule has 0 N–H and O–H groups in total. The molecule has 0 bridgehead atoms. The fraction of sp³-hybridized carbons (Fsp3) is 0.263. The second-order valence-corrected chi connectivity index (χ2v) is 5.95. The Bertz CT molecular complexity index is 982. The molecule has 0 fully saturated rings. The molecule has 0 radical (unpaired) electrons. The van der Waals surface area contributed by atoms with Crippen LogP contribution < -0.4 is 0 Å². The number of ether oxygens (including phenoxy) is 2. The lowest BCUT2D eigenvalue weighted by Crippen LogP contribution is -2.19. The summed E-state index contributed by atoms with van der Waals surface area (Å²) in [4.78, 5) is 51.4. The molecule has 2 rings (SSSR count). The number of ketones is 1. The van der Waals surface area contributed by atoms with Gasteiger partial charge in [0.1, 0.15) is 6.61 Å². The summed E-state index contributed by atoms with van der Waals surface area (Å²) in [5.41, 5.74) is -0.0709. The average molecular weight is 386 g/mol. The maximum absolute atomic E-state index is 12.7. The van der Waals surface area contributed by atoms with Gasteiger partial charge in [0.25, 0.3) is 5.69 Å². The number of carbonyl (C=O) groups is 3.